The van der Waals surface area contributed by atoms with Crippen LogP contribution >= 0.6 is 11.3 Å². The van der Waals surface area contributed by atoms with Gasteiger partial charge in [0, 0.05) is 23.7 Å². The van der Waals surface area contributed by atoms with Crippen molar-refractivity contribution in [2.24, 2.45) is 0 Å². The number of hydrogen-bond donors (Lipinski definition) is 1. The number of hydrogen-bond acceptors (Lipinski definition) is 8. The standard InChI is InChI=1S/C33H30F2N6O3S/c1-22-30(45-31(39-22)26-10-8-24(17-36)9-11-26)32(42)41(14-15-44-18-25-6-4-3-5-7-25)23(2)33(43,19-40-21-37-20-38-40)28-13-12-27(34)16-29(28)35/h3-13,16,20-21,23,43H,14-15,18-19H2,1-2H3. The summed E-state index contributed by atoms with van der Waals surface area (Å²) in [6.45, 7) is 3.49. The van der Waals surface area contributed by atoms with Gasteiger partial charge in [-0.3, -0.25) is 4.79 Å². The van der Waals surface area contributed by atoms with E-state index in [0.29, 0.717) is 33.8 Å². The van der Waals surface area contributed by atoms with Crippen LogP contribution in [0.3, 0.4) is 0 Å². The Bertz CT molecular complexity index is 1790. The highest BCUT2D eigenvalue weighted by Gasteiger charge is 2.44. The van der Waals surface area contributed by atoms with Crippen molar-refractivity contribution in [1.82, 2.24) is 24.6 Å². The van der Waals surface area contributed by atoms with Gasteiger partial charge >= 0.3 is 0 Å². The Morgan fingerprint density at radius 3 is 2.58 bits per heavy atom. The highest BCUT2D eigenvalue weighted by molar-refractivity contribution is 7.17. The fraction of sp³-hybridized carbons (Fsp3) is 0.242. The molecule has 1 amide bonds. The Labute approximate surface area is 263 Å². The number of carbonyl (C=O) groups excluding carboxylic acids is 1. The summed E-state index contributed by atoms with van der Waals surface area (Å²) in [7, 11) is 0. The van der Waals surface area contributed by atoms with E-state index in [0.717, 1.165) is 17.2 Å². The fourth-order valence-corrected chi connectivity index (χ4v) is 6.06. The minimum Gasteiger partial charge on any atom is -0.381 e. The maximum Gasteiger partial charge on any atom is 0.266 e. The lowest BCUT2D eigenvalue weighted by Gasteiger charge is -2.41. The molecule has 230 valence electrons. The molecule has 0 radical (unpaired) electrons. The first-order chi connectivity index (χ1) is 21.7. The number of ether oxygens (including phenoxy) is 1. The lowest BCUT2D eigenvalue weighted by molar-refractivity contribution is -0.0603. The molecule has 1 N–H and O–H groups in total. The third-order valence-electron chi connectivity index (χ3n) is 7.53. The van der Waals surface area contributed by atoms with Gasteiger partial charge in [-0.25, -0.2) is 23.4 Å². The van der Waals surface area contributed by atoms with Crippen LogP contribution in [0.5, 0.6) is 0 Å². The molecule has 0 aliphatic carbocycles. The largest absolute Gasteiger partial charge is 0.381 e. The first-order valence-corrected chi connectivity index (χ1v) is 14.9. The van der Waals surface area contributed by atoms with Crippen molar-refractivity contribution in [2.75, 3.05) is 13.2 Å². The summed E-state index contributed by atoms with van der Waals surface area (Å²) in [5.74, 6) is -2.21. The number of aryl methyl sites for hydroxylation is 1. The second-order valence-electron chi connectivity index (χ2n) is 10.5. The van der Waals surface area contributed by atoms with E-state index < -0.39 is 29.2 Å². The molecular formula is C33H30F2N6O3S. The number of aliphatic hydroxyl groups is 1. The summed E-state index contributed by atoms with van der Waals surface area (Å²) in [6, 6.07) is 20.4. The molecule has 0 aliphatic heterocycles. The quantitative estimate of drug-likeness (QED) is 0.182. The third-order valence-corrected chi connectivity index (χ3v) is 8.72. The predicted octanol–water partition coefficient (Wildman–Crippen LogP) is 5.50. The number of rotatable bonds is 12. The Morgan fingerprint density at radius 2 is 1.91 bits per heavy atom. The Morgan fingerprint density at radius 1 is 1.16 bits per heavy atom. The smallest absolute Gasteiger partial charge is 0.266 e. The van der Waals surface area contributed by atoms with Crippen LogP contribution in [-0.4, -0.2) is 54.9 Å². The van der Waals surface area contributed by atoms with Gasteiger partial charge < -0.3 is 14.7 Å². The number of amides is 1. The van der Waals surface area contributed by atoms with Crippen LogP contribution < -0.4 is 0 Å². The van der Waals surface area contributed by atoms with Crippen LogP contribution in [-0.2, 0) is 23.5 Å². The summed E-state index contributed by atoms with van der Waals surface area (Å²) in [6.07, 6.45) is 2.64. The molecule has 5 aromatic rings. The monoisotopic (exact) mass is 628 g/mol. The molecule has 2 unspecified atom stereocenters. The van der Waals surface area contributed by atoms with Crippen molar-refractivity contribution in [2.45, 2.75) is 38.6 Å². The molecule has 5 rings (SSSR count). The van der Waals surface area contributed by atoms with Crippen LogP contribution in [0, 0.1) is 29.9 Å². The van der Waals surface area contributed by atoms with Crippen molar-refractivity contribution in [3.05, 3.63) is 124 Å². The second kappa shape index (κ2) is 13.9. The number of halogens is 2. The number of aromatic nitrogens is 4. The first kappa shape index (κ1) is 31.6. The highest BCUT2D eigenvalue weighted by atomic mass is 32.1. The van der Waals surface area contributed by atoms with Crippen molar-refractivity contribution in [1.29, 1.82) is 5.26 Å². The molecule has 2 heterocycles. The summed E-state index contributed by atoms with van der Waals surface area (Å²) >= 11 is 1.17. The average Bonchev–Trinajstić information content (AvgIpc) is 3.70. The van der Waals surface area contributed by atoms with Gasteiger partial charge in [0.2, 0.25) is 0 Å². The first-order valence-electron chi connectivity index (χ1n) is 14.1. The van der Waals surface area contributed by atoms with Gasteiger partial charge in [0.05, 0.1) is 43.1 Å². The van der Waals surface area contributed by atoms with E-state index in [1.807, 2.05) is 30.3 Å². The number of benzene rings is 3. The SMILES string of the molecule is Cc1nc(-c2ccc(C#N)cc2)sc1C(=O)N(CCOCc1ccccc1)C(C)C(O)(Cn1cncn1)c1ccc(F)cc1F. The van der Waals surface area contributed by atoms with Crippen molar-refractivity contribution >= 4 is 17.2 Å². The van der Waals surface area contributed by atoms with Gasteiger partial charge in [0.25, 0.3) is 5.91 Å². The summed E-state index contributed by atoms with van der Waals surface area (Å²) in [5, 5.41) is 26.1. The molecule has 0 saturated carbocycles. The molecule has 45 heavy (non-hydrogen) atoms. The van der Waals surface area contributed by atoms with Crippen molar-refractivity contribution in [3.63, 3.8) is 0 Å². The lowest BCUT2D eigenvalue weighted by Crippen LogP contribution is -2.54. The molecule has 0 saturated heterocycles. The van der Waals surface area contributed by atoms with E-state index in [-0.39, 0.29) is 25.3 Å². The maximum atomic E-state index is 15.3. The van der Waals surface area contributed by atoms with E-state index in [1.54, 1.807) is 38.1 Å². The van der Waals surface area contributed by atoms with Crippen LogP contribution in [0.25, 0.3) is 10.6 Å². The zero-order chi connectivity index (χ0) is 32.0. The van der Waals surface area contributed by atoms with Gasteiger partial charge in [-0.05, 0) is 37.6 Å². The summed E-state index contributed by atoms with van der Waals surface area (Å²) in [4.78, 5) is 24.6. The van der Waals surface area contributed by atoms with Gasteiger partial charge in [-0.1, -0.05) is 48.5 Å². The van der Waals surface area contributed by atoms with E-state index >= 15 is 4.39 Å². The maximum absolute atomic E-state index is 15.3. The Hall–Kier alpha value is -4.83. The molecule has 0 bridgehead atoms. The number of nitrogens with zero attached hydrogens (tertiary/aromatic N) is 6. The molecule has 2 aromatic heterocycles. The van der Waals surface area contributed by atoms with Gasteiger partial charge in [0.15, 0.2) is 0 Å². The summed E-state index contributed by atoms with van der Waals surface area (Å²) < 4.78 is 36.5. The normalized spacial score (nSPS) is 13.2. The Balaban J connectivity index is 1.50. The van der Waals surface area contributed by atoms with Gasteiger partial charge in [-0.2, -0.15) is 10.4 Å². The van der Waals surface area contributed by atoms with Crippen LogP contribution in [0.4, 0.5) is 8.78 Å². The number of carbonyl (C=O) groups is 1. The zero-order valence-electron chi connectivity index (χ0n) is 24.6. The number of thiazole rings is 1. The number of nitriles is 1. The molecule has 2 atom stereocenters. The summed E-state index contributed by atoms with van der Waals surface area (Å²) in [5.41, 5.74) is 0.398. The molecule has 3 aromatic carbocycles. The van der Waals surface area contributed by atoms with E-state index in [9.17, 15) is 14.3 Å². The average molecular weight is 629 g/mol. The topological polar surface area (TPSA) is 117 Å². The lowest BCUT2D eigenvalue weighted by atomic mass is 9.85. The van der Waals surface area contributed by atoms with E-state index in [4.69, 9.17) is 10.00 Å². The van der Waals surface area contributed by atoms with Gasteiger partial charge in [0.1, 0.15) is 39.8 Å². The zero-order valence-corrected chi connectivity index (χ0v) is 25.4. The second-order valence-corrected chi connectivity index (χ2v) is 11.5. The molecule has 0 aliphatic rings. The minimum absolute atomic E-state index is 0.0405. The molecule has 0 fully saturated rings. The van der Waals surface area contributed by atoms with Crippen LogP contribution in [0.15, 0.2) is 85.5 Å². The fourth-order valence-electron chi connectivity index (χ4n) is 5.04. The predicted molar refractivity (Wildman–Crippen MR) is 164 cm³/mol. The molecule has 0 spiro atoms. The van der Waals surface area contributed by atoms with E-state index in [1.165, 1.54) is 39.6 Å². The minimum atomic E-state index is -2.06. The van der Waals surface area contributed by atoms with Crippen LogP contribution in [0.2, 0.25) is 0 Å². The van der Waals surface area contributed by atoms with E-state index in [2.05, 4.69) is 21.1 Å². The van der Waals surface area contributed by atoms with Crippen molar-refractivity contribution in [3.8, 4) is 16.6 Å². The van der Waals surface area contributed by atoms with Gasteiger partial charge in [-0.15, -0.1) is 11.3 Å². The highest BCUT2D eigenvalue weighted by Crippen LogP contribution is 2.35. The van der Waals surface area contributed by atoms with Crippen LogP contribution in [0.1, 0.15) is 39.0 Å². The Kier molecular flexibility index (Phi) is 9.73. The molecular weight excluding hydrogens is 598 g/mol. The molecule has 9 nitrogen and oxygen atoms in total. The third kappa shape index (κ3) is 7.12. The van der Waals surface area contributed by atoms with Crippen molar-refractivity contribution < 1.29 is 23.4 Å². The molecule has 12 heteroatoms.